The SMILES string of the molecule is CCCCCc1ccc(-c2ccc(CC[C@H]3CC[C@H](CC)CC3)cc2F)nn1. The molecule has 1 aliphatic carbocycles. The Morgan fingerprint density at radius 2 is 1.68 bits per heavy atom. The van der Waals surface area contributed by atoms with Gasteiger partial charge in [-0.2, -0.15) is 10.2 Å². The first-order valence-electron chi connectivity index (χ1n) is 11.3. The largest absolute Gasteiger partial charge is 0.206 e. The van der Waals surface area contributed by atoms with Crippen molar-refractivity contribution in [2.45, 2.75) is 84.5 Å². The van der Waals surface area contributed by atoms with Gasteiger partial charge in [-0.25, -0.2) is 4.39 Å². The molecule has 0 N–H and O–H groups in total. The monoisotopic (exact) mass is 382 g/mol. The van der Waals surface area contributed by atoms with Crippen molar-refractivity contribution in [3.05, 3.63) is 47.4 Å². The molecule has 0 saturated heterocycles. The van der Waals surface area contributed by atoms with Crippen LogP contribution in [0, 0.1) is 17.7 Å². The second-order valence-electron chi connectivity index (χ2n) is 8.51. The fourth-order valence-electron chi connectivity index (χ4n) is 4.41. The third kappa shape index (κ3) is 5.86. The molecule has 3 heteroatoms. The number of hydrogen-bond donors (Lipinski definition) is 0. The zero-order valence-electron chi connectivity index (χ0n) is 17.6. The molecule has 1 saturated carbocycles. The van der Waals surface area contributed by atoms with Crippen molar-refractivity contribution in [1.82, 2.24) is 10.2 Å². The van der Waals surface area contributed by atoms with Gasteiger partial charge in [0, 0.05) is 5.56 Å². The van der Waals surface area contributed by atoms with Crippen molar-refractivity contribution >= 4 is 0 Å². The molecule has 0 radical (unpaired) electrons. The van der Waals surface area contributed by atoms with Crippen LogP contribution in [0.4, 0.5) is 4.39 Å². The Labute approximate surface area is 170 Å². The lowest BCUT2D eigenvalue weighted by Crippen LogP contribution is -2.14. The van der Waals surface area contributed by atoms with Crippen LogP contribution < -0.4 is 0 Å². The van der Waals surface area contributed by atoms with E-state index in [0.717, 1.165) is 42.4 Å². The second kappa shape index (κ2) is 10.7. The Balaban J connectivity index is 1.55. The number of halogens is 1. The van der Waals surface area contributed by atoms with Gasteiger partial charge in [-0.15, -0.1) is 0 Å². The van der Waals surface area contributed by atoms with Crippen LogP contribution in [0.5, 0.6) is 0 Å². The molecule has 3 rings (SSSR count). The van der Waals surface area contributed by atoms with Crippen LogP contribution in [-0.2, 0) is 12.8 Å². The number of hydrogen-bond acceptors (Lipinski definition) is 2. The normalized spacial score (nSPS) is 19.7. The van der Waals surface area contributed by atoms with Crippen LogP contribution >= 0.6 is 0 Å². The summed E-state index contributed by atoms with van der Waals surface area (Å²) in [6.45, 7) is 4.50. The Hall–Kier alpha value is -1.77. The summed E-state index contributed by atoms with van der Waals surface area (Å²) in [6, 6.07) is 9.52. The minimum atomic E-state index is -0.180. The summed E-state index contributed by atoms with van der Waals surface area (Å²) in [6.07, 6.45) is 13.4. The lowest BCUT2D eigenvalue weighted by Gasteiger charge is -2.27. The Bertz CT molecular complexity index is 718. The number of aryl methyl sites for hydroxylation is 2. The summed E-state index contributed by atoms with van der Waals surface area (Å²) in [7, 11) is 0. The number of nitrogens with zero attached hydrogens (tertiary/aromatic N) is 2. The standard InChI is InChI=1S/C25H35FN2/c1-3-5-6-7-22-15-17-25(28-27-22)23-16-14-21(18-24(23)26)13-12-20-10-8-19(4-2)9-11-20/h14-20H,3-13H2,1-2H3/t19-,20-. The van der Waals surface area contributed by atoms with E-state index >= 15 is 0 Å². The number of aromatic nitrogens is 2. The number of benzene rings is 1. The third-order valence-electron chi connectivity index (χ3n) is 6.45. The highest BCUT2D eigenvalue weighted by atomic mass is 19.1. The van der Waals surface area contributed by atoms with E-state index in [-0.39, 0.29) is 5.82 Å². The lowest BCUT2D eigenvalue weighted by molar-refractivity contribution is 0.259. The molecule has 2 nitrogen and oxygen atoms in total. The molecule has 0 amide bonds. The van der Waals surface area contributed by atoms with Gasteiger partial charge < -0.3 is 0 Å². The Kier molecular flexibility index (Phi) is 8.00. The highest BCUT2D eigenvalue weighted by Gasteiger charge is 2.19. The smallest absolute Gasteiger partial charge is 0.132 e. The first-order chi connectivity index (χ1) is 13.7. The van der Waals surface area contributed by atoms with E-state index in [1.807, 2.05) is 18.2 Å². The average Bonchev–Trinajstić information content (AvgIpc) is 2.73. The van der Waals surface area contributed by atoms with Gasteiger partial charge in [-0.1, -0.05) is 64.9 Å². The summed E-state index contributed by atoms with van der Waals surface area (Å²) in [4.78, 5) is 0. The van der Waals surface area contributed by atoms with Crippen molar-refractivity contribution in [3.63, 3.8) is 0 Å². The molecular weight excluding hydrogens is 347 g/mol. The van der Waals surface area contributed by atoms with Crippen molar-refractivity contribution in [2.75, 3.05) is 0 Å². The van der Waals surface area contributed by atoms with Crippen molar-refractivity contribution in [1.29, 1.82) is 0 Å². The fraction of sp³-hybridized carbons (Fsp3) is 0.600. The van der Waals surface area contributed by atoms with E-state index in [9.17, 15) is 4.39 Å². The maximum Gasteiger partial charge on any atom is 0.132 e. The van der Waals surface area contributed by atoms with E-state index in [1.54, 1.807) is 6.07 Å². The van der Waals surface area contributed by atoms with E-state index < -0.39 is 0 Å². The Morgan fingerprint density at radius 3 is 2.32 bits per heavy atom. The molecule has 28 heavy (non-hydrogen) atoms. The first kappa shape index (κ1) is 21.0. The van der Waals surface area contributed by atoms with Crippen molar-refractivity contribution in [2.24, 2.45) is 11.8 Å². The van der Waals surface area contributed by atoms with Crippen LogP contribution in [0.2, 0.25) is 0 Å². The molecule has 0 atom stereocenters. The summed E-state index contributed by atoms with van der Waals surface area (Å²) in [5.74, 6) is 1.57. The lowest BCUT2D eigenvalue weighted by atomic mass is 9.78. The van der Waals surface area contributed by atoms with E-state index in [2.05, 4.69) is 30.1 Å². The minimum absolute atomic E-state index is 0.180. The van der Waals surface area contributed by atoms with Gasteiger partial charge >= 0.3 is 0 Å². The van der Waals surface area contributed by atoms with E-state index in [1.165, 1.54) is 51.4 Å². The van der Waals surface area contributed by atoms with Crippen molar-refractivity contribution < 1.29 is 4.39 Å². The van der Waals surface area contributed by atoms with Crippen LogP contribution in [0.25, 0.3) is 11.3 Å². The predicted molar refractivity (Wildman–Crippen MR) is 115 cm³/mol. The molecule has 1 fully saturated rings. The fourth-order valence-corrected chi connectivity index (χ4v) is 4.41. The summed E-state index contributed by atoms with van der Waals surface area (Å²) >= 11 is 0. The molecule has 152 valence electrons. The van der Waals surface area contributed by atoms with Crippen LogP contribution in [0.3, 0.4) is 0 Å². The third-order valence-corrected chi connectivity index (χ3v) is 6.45. The van der Waals surface area contributed by atoms with Crippen LogP contribution in [0.15, 0.2) is 30.3 Å². The van der Waals surface area contributed by atoms with Gasteiger partial charge in [0.1, 0.15) is 5.82 Å². The van der Waals surface area contributed by atoms with Gasteiger partial charge in [0.05, 0.1) is 11.4 Å². The van der Waals surface area contributed by atoms with Gasteiger partial charge in [0.15, 0.2) is 0 Å². The molecule has 2 aromatic rings. The molecule has 0 aliphatic heterocycles. The first-order valence-corrected chi connectivity index (χ1v) is 11.3. The van der Waals surface area contributed by atoms with E-state index in [4.69, 9.17) is 0 Å². The molecule has 0 spiro atoms. The van der Waals surface area contributed by atoms with Gasteiger partial charge in [-0.05, 0) is 67.3 Å². The maximum atomic E-state index is 14.7. The summed E-state index contributed by atoms with van der Waals surface area (Å²) < 4.78 is 14.7. The predicted octanol–water partition coefficient (Wildman–Crippen LogP) is 7.16. The quantitative estimate of drug-likeness (QED) is 0.430. The molecule has 0 unspecified atom stereocenters. The number of unbranched alkanes of at least 4 members (excludes halogenated alkanes) is 2. The van der Waals surface area contributed by atoms with Gasteiger partial charge in [0.2, 0.25) is 0 Å². The average molecular weight is 383 g/mol. The Morgan fingerprint density at radius 1 is 0.893 bits per heavy atom. The molecular formula is C25H35FN2. The summed E-state index contributed by atoms with van der Waals surface area (Å²) in [5.41, 5.74) is 3.27. The van der Waals surface area contributed by atoms with Crippen LogP contribution in [0.1, 0.15) is 82.9 Å². The molecule has 1 aromatic carbocycles. The van der Waals surface area contributed by atoms with Crippen molar-refractivity contribution in [3.8, 4) is 11.3 Å². The van der Waals surface area contributed by atoms with Gasteiger partial charge in [-0.3, -0.25) is 0 Å². The number of rotatable bonds is 9. The maximum absolute atomic E-state index is 14.7. The van der Waals surface area contributed by atoms with Crippen LogP contribution in [-0.4, -0.2) is 10.2 Å². The highest BCUT2D eigenvalue weighted by molar-refractivity contribution is 5.59. The van der Waals surface area contributed by atoms with Gasteiger partial charge in [0.25, 0.3) is 0 Å². The highest BCUT2D eigenvalue weighted by Crippen LogP contribution is 2.33. The topological polar surface area (TPSA) is 25.8 Å². The summed E-state index contributed by atoms with van der Waals surface area (Å²) in [5, 5.41) is 8.55. The molecule has 1 heterocycles. The zero-order chi connectivity index (χ0) is 19.8. The second-order valence-corrected chi connectivity index (χ2v) is 8.51. The minimum Gasteiger partial charge on any atom is -0.206 e. The van der Waals surface area contributed by atoms with E-state index in [0.29, 0.717) is 11.3 Å². The molecule has 0 bridgehead atoms. The zero-order valence-corrected chi connectivity index (χ0v) is 17.6. The molecule has 1 aliphatic rings. The molecule has 1 aromatic heterocycles.